The van der Waals surface area contributed by atoms with E-state index in [0.29, 0.717) is 26.8 Å². The molecule has 0 spiro atoms. The number of hydrogen-bond acceptors (Lipinski definition) is 6. The highest BCUT2D eigenvalue weighted by molar-refractivity contribution is 7.99. The summed E-state index contributed by atoms with van der Waals surface area (Å²) in [6.45, 7) is 2.03. The second-order valence-corrected chi connectivity index (χ2v) is 8.43. The highest BCUT2D eigenvalue weighted by Crippen LogP contribution is 2.31. The van der Waals surface area contributed by atoms with Crippen molar-refractivity contribution >= 4 is 44.9 Å². The number of carbonyl (C=O) groups excluding carboxylic acids is 1. The standard InChI is InChI=1S/C22H19N3O3S2/c1-13-7-9-14(10-8-13)15-11-29-21-19(15)20(27)24-22(25-21)30-12-18(26)23-16-5-3-4-6-17(16)28-2/h3-11H,12H2,1-2H3,(H,23,26)(H,24,25,27). The molecule has 0 aliphatic rings. The van der Waals surface area contributed by atoms with Gasteiger partial charge in [0.1, 0.15) is 10.6 Å². The Morgan fingerprint density at radius 3 is 2.73 bits per heavy atom. The van der Waals surface area contributed by atoms with Gasteiger partial charge in [0.2, 0.25) is 5.91 Å². The first-order valence-corrected chi connectivity index (χ1v) is 11.1. The zero-order valence-corrected chi connectivity index (χ0v) is 18.0. The monoisotopic (exact) mass is 437 g/mol. The summed E-state index contributed by atoms with van der Waals surface area (Å²) in [7, 11) is 1.55. The van der Waals surface area contributed by atoms with Gasteiger partial charge in [0.05, 0.1) is 23.9 Å². The number of ether oxygens (including phenoxy) is 1. The van der Waals surface area contributed by atoms with Gasteiger partial charge in [-0.25, -0.2) is 4.98 Å². The Balaban J connectivity index is 1.51. The Morgan fingerprint density at radius 1 is 1.20 bits per heavy atom. The summed E-state index contributed by atoms with van der Waals surface area (Å²) < 4.78 is 5.24. The molecule has 1 amide bonds. The van der Waals surface area contributed by atoms with E-state index in [2.05, 4.69) is 15.3 Å². The third kappa shape index (κ3) is 4.24. The van der Waals surface area contributed by atoms with Crippen LogP contribution in [0.5, 0.6) is 5.75 Å². The zero-order chi connectivity index (χ0) is 21.1. The molecule has 8 heteroatoms. The number of thiophene rings is 1. The Labute approximate surface area is 181 Å². The maximum Gasteiger partial charge on any atom is 0.260 e. The fourth-order valence-corrected chi connectivity index (χ4v) is 4.68. The third-order valence-electron chi connectivity index (χ3n) is 4.51. The molecule has 0 atom stereocenters. The molecule has 4 aromatic rings. The minimum absolute atomic E-state index is 0.114. The summed E-state index contributed by atoms with van der Waals surface area (Å²) in [5, 5.41) is 5.75. The number of nitrogens with one attached hydrogen (secondary N) is 2. The van der Waals surface area contributed by atoms with E-state index in [4.69, 9.17) is 4.74 Å². The maximum absolute atomic E-state index is 12.7. The van der Waals surface area contributed by atoms with E-state index >= 15 is 0 Å². The fraction of sp³-hybridized carbons (Fsp3) is 0.136. The lowest BCUT2D eigenvalue weighted by molar-refractivity contribution is -0.113. The number of hydrogen-bond donors (Lipinski definition) is 2. The number of H-pyrrole nitrogens is 1. The predicted molar refractivity (Wildman–Crippen MR) is 123 cm³/mol. The summed E-state index contributed by atoms with van der Waals surface area (Å²) in [4.78, 5) is 33.0. The number of aryl methyl sites for hydroxylation is 1. The number of aromatic amines is 1. The van der Waals surface area contributed by atoms with Crippen molar-refractivity contribution in [2.45, 2.75) is 12.1 Å². The van der Waals surface area contributed by atoms with Gasteiger partial charge >= 0.3 is 0 Å². The van der Waals surface area contributed by atoms with Gasteiger partial charge in [0, 0.05) is 10.9 Å². The number of methoxy groups -OCH3 is 1. The molecule has 30 heavy (non-hydrogen) atoms. The fourth-order valence-electron chi connectivity index (χ4n) is 3.01. The van der Waals surface area contributed by atoms with Crippen molar-refractivity contribution in [1.82, 2.24) is 9.97 Å². The summed E-state index contributed by atoms with van der Waals surface area (Å²) in [5.41, 5.74) is 3.41. The molecule has 152 valence electrons. The molecule has 0 radical (unpaired) electrons. The van der Waals surface area contributed by atoms with E-state index in [-0.39, 0.29) is 17.2 Å². The van der Waals surface area contributed by atoms with Crippen molar-refractivity contribution < 1.29 is 9.53 Å². The van der Waals surface area contributed by atoms with E-state index < -0.39 is 0 Å². The lowest BCUT2D eigenvalue weighted by Crippen LogP contribution is -2.16. The van der Waals surface area contributed by atoms with Crippen LogP contribution >= 0.6 is 23.1 Å². The summed E-state index contributed by atoms with van der Waals surface area (Å²) in [6.07, 6.45) is 0. The Bertz CT molecular complexity index is 1260. The number of benzene rings is 2. The topological polar surface area (TPSA) is 84.1 Å². The number of nitrogens with zero attached hydrogens (tertiary/aromatic N) is 1. The lowest BCUT2D eigenvalue weighted by atomic mass is 10.1. The first-order chi connectivity index (χ1) is 14.5. The first-order valence-electron chi connectivity index (χ1n) is 9.19. The smallest absolute Gasteiger partial charge is 0.260 e. The number of anilines is 1. The Kier molecular flexibility index (Phi) is 5.87. The number of rotatable bonds is 6. The van der Waals surface area contributed by atoms with Crippen LogP contribution in [0.25, 0.3) is 21.3 Å². The van der Waals surface area contributed by atoms with E-state index in [1.54, 1.807) is 19.2 Å². The zero-order valence-electron chi connectivity index (χ0n) is 16.4. The number of aromatic nitrogens is 2. The molecule has 4 rings (SSSR count). The molecule has 0 bridgehead atoms. The minimum Gasteiger partial charge on any atom is -0.495 e. The van der Waals surface area contributed by atoms with Gasteiger partial charge in [-0.1, -0.05) is 53.7 Å². The molecule has 0 saturated heterocycles. The number of thioether (sulfide) groups is 1. The molecule has 2 heterocycles. The quantitative estimate of drug-likeness (QED) is 0.337. The van der Waals surface area contributed by atoms with Crippen LogP contribution in [-0.2, 0) is 4.79 Å². The van der Waals surface area contributed by atoms with Crippen LogP contribution in [-0.4, -0.2) is 28.7 Å². The molecule has 0 saturated carbocycles. The van der Waals surface area contributed by atoms with Crippen LogP contribution < -0.4 is 15.6 Å². The second kappa shape index (κ2) is 8.73. The molecular formula is C22H19N3O3S2. The van der Waals surface area contributed by atoms with Gasteiger partial charge in [-0.05, 0) is 24.6 Å². The molecule has 2 N–H and O–H groups in total. The number of amides is 1. The molecular weight excluding hydrogens is 418 g/mol. The molecule has 0 aliphatic carbocycles. The van der Waals surface area contributed by atoms with Crippen molar-refractivity contribution in [2.75, 3.05) is 18.2 Å². The van der Waals surface area contributed by atoms with Gasteiger partial charge in [-0.3, -0.25) is 9.59 Å². The largest absolute Gasteiger partial charge is 0.495 e. The summed E-state index contributed by atoms with van der Waals surface area (Å²) in [5.74, 6) is 0.493. The average molecular weight is 438 g/mol. The van der Waals surface area contributed by atoms with Crippen molar-refractivity contribution in [3.63, 3.8) is 0 Å². The maximum atomic E-state index is 12.7. The third-order valence-corrected chi connectivity index (χ3v) is 6.25. The highest BCUT2D eigenvalue weighted by atomic mass is 32.2. The van der Waals surface area contributed by atoms with Crippen LogP contribution in [0.3, 0.4) is 0 Å². The van der Waals surface area contributed by atoms with Gasteiger partial charge < -0.3 is 15.0 Å². The second-order valence-electron chi connectivity index (χ2n) is 6.60. The normalized spacial score (nSPS) is 10.9. The molecule has 0 aliphatic heterocycles. The van der Waals surface area contributed by atoms with Crippen LogP contribution in [0.4, 0.5) is 5.69 Å². The van der Waals surface area contributed by atoms with E-state index in [1.807, 2.05) is 48.7 Å². The lowest BCUT2D eigenvalue weighted by Gasteiger charge is -2.09. The molecule has 2 aromatic heterocycles. The average Bonchev–Trinajstić information content (AvgIpc) is 3.18. The van der Waals surface area contributed by atoms with Crippen LogP contribution in [0.15, 0.2) is 63.9 Å². The number of carbonyl (C=O) groups is 1. The minimum atomic E-state index is -0.209. The van der Waals surface area contributed by atoms with E-state index in [1.165, 1.54) is 23.1 Å². The molecule has 6 nitrogen and oxygen atoms in total. The predicted octanol–water partition coefficient (Wildman–Crippen LogP) is 4.70. The van der Waals surface area contributed by atoms with Gasteiger partial charge in [0.15, 0.2) is 5.16 Å². The van der Waals surface area contributed by atoms with E-state index in [0.717, 1.165) is 16.7 Å². The number of para-hydroxylation sites is 2. The number of fused-ring (bicyclic) bond motifs is 1. The van der Waals surface area contributed by atoms with Gasteiger partial charge in [0.25, 0.3) is 5.56 Å². The van der Waals surface area contributed by atoms with Crippen molar-refractivity contribution in [3.05, 3.63) is 69.8 Å². The first kappa shape index (κ1) is 20.2. The van der Waals surface area contributed by atoms with Crippen molar-refractivity contribution in [2.24, 2.45) is 0 Å². The van der Waals surface area contributed by atoms with Crippen LogP contribution in [0.2, 0.25) is 0 Å². The Morgan fingerprint density at radius 2 is 1.97 bits per heavy atom. The molecule has 0 unspecified atom stereocenters. The van der Waals surface area contributed by atoms with E-state index in [9.17, 15) is 9.59 Å². The SMILES string of the molecule is COc1ccccc1NC(=O)CSc1nc2scc(-c3ccc(C)cc3)c2c(=O)[nH]1. The summed E-state index contributed by atoms with van der Waals surface area (Å²) in [6, 6.07) is 15.2. The van der Waals surface area contributed by atoms with Gasteiger partial charge in [-0.2, -0.15) is 0 Å². The summed E-state index contributed by atoms with van der Waals surface area (Å²) >= 11 is 2.61. The molecule has 0 fully saturated rings. The van der Waals surface area contributed by atoms with Crippen LogP contribution in [0, 0.1) is 6.92 Å². The molecule has 2 aromatic carbocycles. The van der Waals surface area contributed by atoms with Gasteiger partial charge in [-0.15, -0.1) is 11.3 Å². The van der Waals surface area contributed by atoms with Crippen molar-refractivity contribution in [1.29, 1.82) is 0 Å². The van der Waals surface area contributed by atoms with Crippen molar-refractivity contribution in [3.8, 4) is 16.9 Å². The highest BCUT2D eigenvalue weighted by Gasteiger charge is 2.14. The van der Waals surface area contributed by atoms with Crippen LogP contribution in [0.1, 0.15) is 5.56 Å². The Hall–Kier alpha value is -3.10.